The fourth-order valence-corrected chi connectivity index (χ4v) is 4.87. The third-order valence-electron chi connectivity index (χ3n) is 6.35. The van der Waals surface area contributed by atoms with Gasteiger partial charge in [0.2, 0.25) is 0 Å². The van der Waals surface area contributed by atoms with Crippen LogP contribution in [0.3, 0.4) is 0 Å². The summed E-state index contributed by atoms with van der Waals surface area (Å²) in [6.07, 6.45) is 5.99. The second-order valence-electron chi connectivity index (χ2n) is 9.64. The van der Waals surface area contributed by atoms with E-state index in [9.17, 15) is 13.2 Å². The molecule has 1 saturated carbocycles. The number of sulfone groups is 1. The molecule has 1 N–H and O–H groups in total. The number of carbonyl (C=O) groups is 1. The monoisotopic (exact) mass is 496 g/mol. The molecule has 8 heteroatoms. The number of fused-ring (bicyclic) bond motifs is 1. The highest BCUT2D eigenvalue weighted by atomic mass is 32.2. The van der Waals surface area contributed by atoms with Crippen molar-refractivity contribution >= 4 is 32.5 Å². The predicted octanol–water partition coefficient (Wildman–Crippen LogP) is 4.65. The van der Waals surface area contributed by atoms with Gasteiger partial charge in [-0.15, -0.1) is 0 Å². The summed E-state index contributed by atoms with van der Waals surface area (Å²) in [5, 5.41) is 4.05. The minimum Gasteiger partial charge on any atom is -0.362 e. The Balaban J connectivity index is 0.000000211. The van der Waals surface area contributed by atoms with Gasteiger partial charge >= 0.3 is 0 Å². The van der Waals surface area contributed by atoms with E-state index in [0.717, 1.165) is 34.7 Å². The molecule has 0 aliphatic heterocycles. The fourth-order valence-electron chi connectivity index (χ4n) is 4.24. The average molecular weight is 497 g/mol. The Hall–Kier alpha value is -3.00. The molecule has 4 rings (SSSR count). The topological polar surface area (TPSA) is 92.3 Å². The molecule has 7 nitrogen and oxygen atoms in total. The lowest BCUT2D eigenvalue weighted by Crippen LogP contribution is -2.31. The van der Waals surface area contributed by atoms with Crippen molar-refractivity contribution in [1.29, 1.82) is 0 Å². The SMILES string of the molecule is CC1CCC(CNC(=O)c2ccc(S(C)(=O)=O)cc2)CC1.Cc1nc(N(C)C)c2ccccc2n1. The Morgan fingerprint density at radius 1 is 1.00 bits per heavy atom. The Labute approximate surface area is 208 Å². The summed E-state index contributed by atoms with van der Waals surface area (Å²) in [7, 11) is 0.777. The molecule has 0 saturated heterocycles. The van der Waals surface area contributed by atoms with Gasteiger partial charge in [0.1, 0.15) is 11.6 Å². The van der Waals surface area contributed by atoms with Crippen LogP contribution in [-0.2, 0) is 9.84 Å². The van der Waals surface area contributed by atoms with Gasteiger partial charge in [-0.3, -0.25) is 4.79 Å². The van der Waals surface area contributed by atoms with E-state index in [-0.39, 0.29) is 10.8 Å². The fraction of sp³-hybridized carbons (Fsp3) is 0.444. The maximum absolute atomic E-state index is 12.1. The van der Waals surface area contributed by atoms with Gasteiger partial charge in [-0.05, 0) is 68.0 Å². The molecule has 2 aromatic carbocycles. The van der Waals surface area contributed by atoms with E-state index in [1.807, 2.05) is 50.2 Å². The maximum Gasteiger partial charge on any atom is 0.251 e. The second kappa shape index (κ2) is 11.6. The minimum atomic E-state index is -3.21. The van der Waals surface area contributed by atoms with Crippen LogP contribution in [-0.4, -0.2) is 51.2 Å². The van der Waals surface area contributed by atoms with Crippen molar-refractivity contribution in [2.75, 3.05) is 31.8 Å². The van der Waals surface area contributed by atoms with E-state index >= 15 is 0 Å². The average Bonchev–Trinajstić information content (AvgIpc) is 2.83. The smallest absolute Gasteiger partial charge is 0.251 e. The molecule has 0 unspecified atom stereocenters. The molecule has 1 fully saturated rings. The van der Waals surface area contributed by atoms with E-state index < -0.39 is 9.84 Å². The van der Waals surface area contributed by atoms with Gasteiger partial charge in [0.05, 0.1) is 10.4 Å². The van der Waals surface area contributed by atoms with Gasteiger partial charge in [0.25, 0.3) is 5.91 Å². The quantitative estimate of drug-likeness (QED) is 0.553. The van der Waals surface area contributed by atoms with Crippen molar-refractivity contribution in [3.63, 3.8) is 0 Å². The van der Waals surface area contributed by atoms with Crippen LogP contribution >= 0.6 is 0 Å². The number of nitrogens with one attached hydrogen (secondary N) is 1. The molecule has 3 aromatic rings. The minimum absolute atomic E-state index is 0.131. The third-order valence-corrected chi connectivity index (χ3v) is 7.48. The Morgan fingerprint density at radius 3 is 2.23 bits per heavy atom. The number of nitrogens with zero attached hydrogens (tertiary/aromatic N) is 3. The van der Waals surface area contributed by atoms with E-state index in [2.05, 4.69) is 22.2 Å². The molecule has 0 atom stereocenters. The van der Waals surface area contributed by atoms with Crippen LogP contribution < -0.4 is 10.2 Å². The van der Waals surface area contributed by atoms with E-state index in [0.29, 0.717) is 18.0 Å². The number of benzene rings is 2. The second-order valence-corrected chi connectivity index (χ2v) is 11.7. The number of aromatic nitrogens is 2. The molecule has 1 amide bonds. The van der Waals surface area contributed by atoms with Crippen LogP contribution in [0.5, 0.6) is 0 Å². The standard InChI is InChI=1S/C16H23NO3S.C11H13N3/c1-12-3-5-13(6-4-12)11-17-16(18)14-7-9-15(10-8-14)21(2,19)20;1-8-12-10-7-5-4-6-9(10)11(13-8)14(2)3/h7-10,12-13H,3-6,11H2,1-2H3,(H,17,18);4-7H,1-3H3. The molecular weight excluding hydrogens is 460 g/mol. The summed E-state index contributed by atoms with van der Waals surface area (Å²) in [6, 6.07) is 14.1. The number of hydrogen-bond donors (Lipinski definition) is 1. The lowest BCUT2D eigenvalue weighted by molar-refractivity contribution is 0.0941. The Kier molecular flexibility index (Phi) is 8.83. The third kappa shape index (κ3) is 7.49. The Morgan fingerprint density at radius 2 is 1.63 bits per heavy atom. The zero-order valence-electron chi connectivity index (χ0n) is 21.3. The molecule has 0 radical (unpaired) electrons. The first-order valence-corrected chi connectivity index (χ1v) is 13.9. The number of carbonyl (C=O) groups excluding carboxylic acids is 1. The molecule has 188 valence electrons. The van der Waals surface area contributed by atoms with Crippen LogP contribution in [0.15, 0.2) is 53.4 Å². The number of anilines is 1. The molecule has 1 aliphatic carbocycles. The molecule has 1 heterocycles. The molecule has 0 bridgehead atoms. The number of hydrogen-bond acceptors (Lipinski definition) is 6. The van der Waals surface area contributed by atoms with Crippen LogP contribution in [0, 0.1) is 18.8 Å². The summed E-state index contributed by atoms with van der Waals surface area (Å²) in [4.78, 5) is 23.1. The lowest BCUT2D eigenvalue weighted by Gasteiger charge is -2.26. The summed E-state index contributed by atoms with van der Waals surface area (Å²) in [6.45, 7) is 4.90. The maximum atomic E-state index is 12.1. The van der Waals surface area contributed by atoms with Crippen LogP contribution in [0.2, 0.25) is 0 Å². The number of para-hydroxylation sites is 1. The zero-order valence-corrected chi connectivity index (χ0v) is 22.1. The molecule has 1 aromatic heterocycles. The molecule has 1 aliphatic rings. The molecule has 0 spiro atoms. The summed E-state index contributed by atoms with van der Waals surface area (Å²) < 4.78 is 22.7. The summed E-state index contributed by atoms with van der Waals surface area (Å²) in [5.41, 5.74) is 1.51. The van der Waals surface area contributed by atoms with Gasteiger partial charge in [-0.2, -0.15) is 0 Å². The number of aryl methyl sites for hydroxylation is 1. The molecule has 35 heavy (non-hydrogen) atoms. The highest BCUT2D eigenvalue weighted by molar-refractivity contribution is 7.90. The Bertz CT molecular complexity index is 1250. The summed E-state index contributed by atoms with van der Waals surface area (Å²) in [5.74, 6) is 3.04. The zero-order chi connectivity index (χ0) is 25.6. The van der Waals surface area contributed by atoms with Crippen molar-refractivity contribution in [1.82, 2.24) is 15.3 Å². The number of rotatable bonds is 5. The predicted molar refractivity (Wildman–Crippen MR) is 142 cm³/mol. The van der Waals surface area contributed by atoms with Crippen molar-refractivity contribution < 1.29 is 13.2 Å². The lowest BCUT2D eigenvalue weighted by atomic mass is 9.83. The van der Waals surface area contributed by atoms with Gasteiger partial charge in [-0.1, -0.05) is 31.9 Å². The van der Waals surface area contributed by atoms with Crippen molar-refractivity contribution in [3.8, 4) is 0 Å². The van der Waals surface area contributed by atoms with Crippen LogP contribution in [0.4, 0.5) is 5.82 Å². The van der Waals surface area contributed by atoms with Crippen molar-refractivity contribution in [3.05, 3.63) is 59.9 Å². The van der Waals surface area contributed by atoms with Gasteiger partial charge in [0, 0.05) is 37.8 Å². The first-order chi connectivity index (χ1) is 16.5. The highest BCUT2D eigenvalue weighted by Crippen LogP contribution is 2.27. The summed E-state index contributed by atoms with van der Waals surface area (Å²) >= 11 is 0. The van der Waals surface area contributed by atoms with Crippen LogP contribution in [0.1, 0.15) is 48.8 Å². The van der Waals surface area contributed by atoms with Gasteiger partial charge in [0.15, 0.2) is 9.84 Å². The molecular formula is C27H36N4O3S. The highest BCUT2D eigenvalue weighted by Gasteiger charge is 2.19. The van der Waals surface area contributed by atoms with Crippen LogP contribution in [0.25, 0.3) is 10.9 Å². The number of amides is 1. The first kappa shape index (κ1) is 26.6. The normalized spacial score (nSPS) is 17.9. The van der Waals surface area contributed by atoms with Gasteiger partial charge in [-0.25, -0.2) is 18.4 Å². The van der Waals surface area contributed by atoms with Gasteiger partial charge < -0.3 is 10.2 Å². The van der Waals surface area contributed by atoms with E-state index in [1.165, 1.54) is 37.8 Å². The van der Waals surface area contributed by atoms with E-state index in [4.69, 9.17) is 0 Å². The van der Waals surface area contributed by atoms with Crippen molar-refractivity contribution in [2.24, 2.45) is 11.8 Å². The van der Waals surface area contributed by atoms with Crippen molar-refractivity contribution in [2.45, 2.75) is 44.4 Å². The largest absolute Gasteiger partial charge is 0.362 e. The first-order valence-electron chi connectivity index (χ1n) is 12.0. The van der Waals surface area contributed by atoms with E-state index in [1.54, 1.807) is 12.1 Å².